The van der Waals surface area contributed by atoms with Gasteiger partial charge in [0.2, 0.25) is 0 Å². The number of hydrogen-bond acceptors (Lipinski definition) is 4. The summed E-state index contributed by atoms with van der Waals surface area (Å²) in [5.74, 6) is -1.54. The molecule has 0 spiro atoms. The molecule has 82 valence electrons. The van der Waals surface area contributed by atoms with Crippen molar-refractivity contribution < 1.29 is 14.3 Å². The second-order valence-corrected chi connectivity index (χ2v) is 3.19. The molecule has 0 aliphatic rings. The Morgan fingerprint density at radius 3 is 3.06 bits per heavy atom. The van der Waals surface area contributed by atoms with E-state index < -0.39 is 11.7 Å². The summed E-state index contributed by atoms with van der Waals surface area (Å²) in [5.41, 5.74) is 1.32. The topological polar surface area (TPSA) is 85.3 Å². The molecule has 0 unspecified atom stereocenters. The molecule has 0 bridgehead atoms. The van der Waals surface area contributed by atoms with Gasteiger partial charge in [0.05, 0.1) is 0 Å². The Morgan fingerprint density at radius 1 is 1.62 bits per heavy atom. The van der Waals surface area contributed by atoms with E-state index in [-0.39, 0.29) is 0 Å². The first-order valence-corrected chi connectivity index (χ1v) is 4.44. The molecule has 2 aromatic heterocycles. The number of fused-ring (bicyclic) bond motifs is 1. The summed E-state index contributed by atoms with van der Waals surface area (Å²) in [4.78, 5) is 25.5. The zero-order valence-electron chi connectivity index (χ0n) is 8.38. The van der Waals surface area contributed by atoms with Crippen LogP contribution in [0.5, 0.6) is 0 Å². The van der Waals surface area contributed by atoms with Crippen molar-refractivity contribution in [1.29, 1.82) is 0 Å². The van der Waals surface area contributed by atoms with E-state index in [0.29, 0.717) is 16.8 Å². The third-order valence-electron chi connectivity index (χ3n) is 2.06. The van der Waals surface area contributed by atoms with Crippen molar-refractivity contribution in [3.8, 4) is 0 Å². The third-order valence-corrected chi connectivity index (χ3v) is 2.06. The average Bonchev–Trinajstić information content (AvgIpc) is 2.52. The van der Waals surface area contributed by atoms with Gasteiger partial charge in [0.1, 0.15) is 0 Å². The van der Waals surface area contributed by atoms with Gasteiger partial charge in [-0.1, -0.05) is 0 Å². The first kappa shape index (κ1) is 10.2. The SMILES string of the molecule is Cn1c(=O)oc2cc(/C=C/C(=O)O)cnc21. The van der Waals surface area contributed by atoms with Crippen LogP contribution in [0.25, 0.3) is 17.3 Å². The molecule has 0 aromatic carbocycles. The van der Waals surface area contributed by atoms with Crippen LogP contribution in [0.2, 0.25) is 0 Å². The molecule has 0 aliphatic heterocycles. The first-order chi connectivity index (χ1) is 7.58. The summed E-state index contributed by atoms with van der Waals surface area (Å²) in [6.45, 7) is 0. The van der Waals surface area contributed by atoms with Gasteiger partial charge in [-0.3, -0.25) is 4.57 Å². The summed E-state index contributed by atoms with van der Waals surface area (Å²) in [6, 6.07) is 1.56. The van der Waals surface area contributed by atoms with Gasteiger partial charge < -0.3 is 9.52 Å². The summed E-state index contributed by atoms with van der Waals surface area (Å²) >= 11 is 0. The van der Waals surface area contributed by atoms with Crippen LogP contribution in [0.1, 0.15) is 5.56 Å². The predicted octanol–water partition coefficient (Wildman–Crippen LogP) is 0.624. The van der Waals surface area contributed by atoms with Crippen LogP contribution in [0.3, 0.4) is 0 Å². The van der Waals surface area contributed by atoms with Gasteiger partial charge in [0, 0.05) is 19.3 Å². The van der Waals surface area contributed by atoms with Crippen molar-refractivity contribution in [1.82, 2.24) is 9.55 Å². The number of nitrogens with zero attached hydrogens (tertiary/aromatic N) is 2. The molecule has 2 heterocycles. The number of oxazole rings is 1. The second-order valence-electron chi connectivity index (χ2n) is 3.19. The molecule has 0 aliphatic carbocycles. The fraction of sp³-hybridized carbons (Fsp3) is 0.100. The van der Waals surface area contributed by atoms with Crippen molar-refractivity contribution >= 4 is 23.3 Å². The van der Waals surface area contributed by atoms with Gasteiger partial charge in [0.25, 0.3) is 0 Å². The van der Waals surface area contributed by atoms with Crippen LogP contribution in [0.15, 0.2) is 27.6 Å². The smallest absolute Gasteiger partial charge is 0.420 e. The molecule has 0 fully saturated rings. The van der Waals surface area contributed by atoms with Gasteiger partial charge >= 0.3 is 11.7 Å². The van der Waals surface area contributed by atoms with E-state index >= 15 is 0 Å². The molecule has 2 rings (SSSR count). The van der Waals surface area contributed by atoms with Crippen molar-refractivity contribution in [2.75, 3.05) is 0 Å². The normalized spacial score (nSPS) is 11.3. The Labute approximate surface area is 89.4 Å². The highest BCUT2D eigenvalue weighted by molar-refractivity contribution is 5.86. The summed E-state index contributed by atoms with van der Waals surface area (Å²) in [5, 5.41) is 8.45. The quantitative estimate of drug-likeness (QED) is 0.750. The van der Waals surface area contributed by atoms with E-state index in [1.807, 2.05) is 0 Å². The molecule has 0 saturated heterocycles. The lowest BCUT2D eigenvalue weighted by Crippen LogP contribution is -2.08. The Balaban J connectivity index is 2.53. The van der Waals surface area contributed by atoms with Crippen molar-refractivity contribution in [2.45, 2.75) is 0 Å². The molecule has 0 radical (unpaired) electrons. The van der Waals surface area contributed by atoms with Gasteiger partial charge in [-0.25, -0.2) is 14.6 Å². The highest BCUT2D eigenvalue weighted by Crippen LogP contribution is 2.11. The van der Waals surface area contributed by atoms with E-state index in [1.165, 1.54) is 16.8 Å². The van der Waals surface area contributed by atoms with Crippen molar-refractivity contribution in [3.05, 3.63) is 34.5 Å². The van der Waals surface area contributed by atoms with Gasteiger partial charge in [0.15, 0.2) is 11.2 Å². The molecule has 2 aromatic rings. The largest absolute Gasteiger partial charge is 0.478 e. The number of hydrogen-bond donors (Lipinski definition) is 1. The second kappa shape index (κ2) is 3.65. The zero-order chi connectivity index (χ0) is 11.7. The number of pyridine rings is 1. The molecule has 6 heteroatoms. The molecule has 0 amide bonds. The summed E-state index contributed by atoms with van der Waals surface area (Å²) < 4.78 is 6.19. The van der Waals surface area contributed by atoms with E-state index in [9.17, 15) is 9.59 Å². The monoisotopic (exact) mass is 220 g/mol. The fourth-order valence-electron chi connectivity index (χ4n) is 1.29. The predicted molar refractivity (Wildman–Crippen MR) is 55.9 cm³/mol. The zero-order valence-corrected chi connectivity index (χ0v) is 8.38. The maximum absolute atomic E-state index is 11.2. The van der Waals surface area contributed by atoms with Gasteiger partial charge in [-0.05, 0) is 17.7 Å². The van der Waals surface area contributed by atoms with Crippen LogP contribution < -0.4 is 5.76 Å². The Bertz CT molecular complexity index is 636. The third kappa shape index (κ3) is 1.72. The minimum atomic E-state index is -1.05. The van der Waals surface area contributed by atoms with Crippen LogP contribution >= 0.6 is 0 Å². The Kier molecular flexibility index (Phi) is 2.32. The molecule has 6 nitrogen and oxygen atoms in total. The van der Waals surface area contributed by atoms with E-state index in [0.717, 1.165) is 6.08 Å². The minimum Gasteiger partial charge on any atom is -0.478 e. The number of carbonyl (C=O) groups is 1. The number of aromatic nitrogens is 2. The van der Waals surface area contributed by atoms with Gasteiger partial charge in [-0.2, -0.15) is 0 Å². The number of aryl methyl sites for hydroxylation is 1. The maximum atomic E-state index is 11.2. The standard InChI is InChI=1S/C10H8N2O4/c1-12-9-7(16-10(12)15)4-6(5-11-9)2-3-8(13)14/h2-5H,1H3,(H,13,14)/b3-2+. The van der Waals surface area contributed by atoms with Crippen LogP contribution in [0, 0.1) is 0 Å². The molecular weight excluding hydrogens is 212 g/mol. The molecule has 0 saturated carbocycles. The number of aliphatic carboxylic acids is 1. The summed E-state index contributed by atoms with van der Waals surface area (Å²) in [6.07, 6.45) is 3.84. The van der Waals surface area contributed by atoms with Crippen LogP contribution in [0.4, 0.5) is 0 Å². The molecular formula is C10H8N2O4. The molecule has 16 heavy (non-hydrogen) atoms. The van der Waals surface area contributed by atoms with Crippen LogP contribution in [-0.2, 0) is 11.8 Å². The number of rotatable bonds is 2. The number of carboxylic acid groups (broad SMARTS) is 1. The average molecular weight is 220 g/mol. The lowest BCUT2D eigenvalue weighted by atomic mass is 10.2. The van der Waals surface area contributed by atoms with Crippen LogP contribution in [-0.4, -0.2) is 20.6 Å². The van der Waals surface area contributed by atoms with E-state index in [2.05, 4.69) is 4.98 Å². The molecule has 0 atom stereocenters. The Hall–Kier alpha value is -2.37. The van der Waals surface area contributed by atoms with Crippen molar-refractivity contribution in [2.24, 2.45) is 7.05 Å². The summed E-state index contributed by atoms with van der Waals surface area (Å²) in [7, 11) is 1.55. The van der Waals surface area contributed by atoms with Gasteiger partial charge in [-0.15, -0.1) is 0 Å². The first-order valence-electron chi connectivity index (χ1n) is 4.44. The maximum Gasteiger partial charge on any atom is 0.420 e. The van der Waals surface area contributed by atoms with E-state index in [1.54, 1.807) is 13.1 Å². The Morgan fingerprint density at radius 2 is 2.38 bits per heavy atom. The minimum absolute atomic E-state index is 0.333. The lowest BCUT2D eigenvalue weighted by molar-refractivity contribution is -0.131. The number of carboxylic acids is 1. The highest BCUT2D eigenvalue weighted by atomic mass is 16.4. The van der Waals surface area contributed by atoms with Crippen molar-refractivity contribution in [3.63, 3.8) is 0 Å². The lowest BCUT2D eigenvalue weighted by Gasteiger charge is -1.92. The highest BCUT2D eigenvalue weighted by Gasteiger charge is 2.06. The van der Waals surface area contributed by atoms with E-state index in [4.69, 9.17) is 9.52 Å². The molecule has 1 N–H and O–H groups in total. The fourth-order valence-corrected chi connectivity index (χ4v) is 1.29.